The molecule has 0 spiro atoms. The fraction of sp³-hybridized carbons (Fsp3) is 0. The average molecular weight is 256 g/mol. The van der Waals surface area contributed by atoms with Gasteiger partial charge in [0.25, 0.3) is 5.82 Å². The van der Waals surface area contributed by atoms with Gasteiger partial charge in [0, 0.05) is 0 Å². The SMILES string of the molecule is O=[N+]([O-])N(c1ccccc1)n1cncc2ncnc1-2. The van der Waals surface area contributed by atoms with Crippen molar-refractivity contribution in [2.24, 2.45) is 0 Å². The van der Waals surface area contributed by atoms with Crippen molar-refractivity contribution in [1.29, 1.82) is 0 Å². The molecule has 0 unspecified atom stereocenters. The average Bonchev–Trinajstić information content (AvgIpc) is 2.89. The van der Waals surface area contributed by atoms with Crippen molar-refractivity contribution >= 4 is 5.69 Å². The Kier molecular flexibility index (Phi) is 2.53. The van der Waals surface area contributed by atoms with Gasteiger partial charge in [0.2, 0.25) is 6.33 Å². The molecule has 0 saturated heterocycles. The first-order valence-corrected chi connectivity index (χ1v) is 5.40. The zero-order chi connectivity index (χ0) is 13.2. The standard InChI is InChI=1S/C11H8N6O2/c18-17(19)16(9-4-2-1-3-5-9)15-8-12-6-10-11(15)14-7-13-10/h1-8H. The molecule has 0 fully saturated rings. The lowest BCUT2D eigenvalue weighted by molar-refractivity contribution is -0.503. The molecule has 0 amide bonds. The molecule has 0 atom stereocenters. The van der Waals surface area contributed by atoms with E-state index in [0.29, 0.717) is 17.2 Å². The van der Waals surface area contributed by atoms with Crippen LogP contribution in [0, 0.1) is 10.1 Å². The number of hydrazine groups is 1. The molecule has 2 aliphatic rings. The van der Waals surface area contributed by atoms with Crippen molar-refractivity contribution in [1.82, 2.24) is 19.6 Å². The highest BCUT2D eigenvalue weighted by Gasteiger charge is 2.25. The zero-order valence-electron chi connectivity index (χ0n) is 9.62. The fourth-order valence-electron chi connectivity index (χ4n) is 1.76. The van der Waals surface area contributed by atoms with Gasteiger partial charge < -0.3 is 10.1 Å². The summed E-state index contributed by atoms with van der Waals surface area (Å²) >= 11 is 0. The van der Waals surface area contributed by atoms with Gasteiger partial charge in [-0.25, -0.2) is 9.97 Å². The number of nitro groups is 1. The molecular weight excluding hydrogens is 248 g/mol. The molecule has 1 aromatic carbocycles. The number of fused-ring (bicyclic) bond motifs is 1. The quantitative estimate of drug-likeness (QED) is 0.517. The van der Waals surface area contributed by atoms with Crippen LogP contribution in [0.1, 0.15) is 0 Å². The molecule has 0 saturated carbocycles. The van der Waals surface area contributed by atoms with Gasteiger partial charge in [-0.15, -0.1) is 0 Å². The van der Waals surface area contributed by atoms with Gasteiger partial charge in [-0.05, 0) is 17.3 Å². The molecule has 1 aromatic rings. The number of imidazole rings is 1. The summed E-state index contributed by atoms with van der Waals surface area (Å²) in [6.07, 6.45) is 4.17. The van der Waals surface area contributed by atoms with Gasteiger partial charge in [0.1, 0.15) is 12.0 Å². The maximum Gasteiger partial charge on any atom is 0.276 e. The first-order valence-electron chi connectivity index (χ1n) is 5.40. The molecule has 0 bridgehead atoms. The van der Waals surface area contributed by atoms with Crippen LogP contribution in [0.3, 0.4) is 0 Å². The highest BCUT2D eigenvalue weighted by atomic mass is 16.7. The van der Waals surface area contributed by atoms with E-state index in [-0.39, 0.29) is 0 Å². The summed E-state index contributed by atoms with van der Waals surface area (Å²) in [5.41, 5.74) is 0.889. The van der Waals surface area contributed by atoms with Crippen molar-refractivity contribution in [2.45, 2.75) is 0 Å². The molecule has 8 nitrogen and oxygen atoms in total. The number of hydrogen-bond donors (Lipinski definition) is 0. The molecule has 0 N–H and O–H groups in total. The maximum atomic E-state index is 11.3. The molecular formula is C11H8N6O2. The highest BCUT2D eigenvalue weighted by molar-refractivity contribution is 5.52. The van der Waals surface area contributed by atoms with Crippen LogP contribution in [0.25, 0.3) is 11.5 Å². The molecule has 3 rings (SSSR count). The lowest BCUT2D eigenvalue weighted by Crippen LogP contribution is -2.36. The highest BCUT2D eigenvalue weighted by Crippen LogP contribution is 2.20. The van der Waals surface area contributed by atoms with E-state index in [1.54, 1.807) is 30.3 Å². The Balaban J connectivity index is 2.17. The molecule has 8 heteroatoms. The minimum Gasteiger partial charge on any atom is -0.339 e. The summed E-state index contributed by atoms with van der Waals surface area (Å²) in [6, 6.07) is 8.48. The third-order valence-electron chi connectivity index (χ3n) is 2.54. The Labute approximate surface area is 107 Å². The lowest BCUT2D eigenvalue weighted by Gasteiger charge is -2.17. The number of aromatic nitrogens is 4. The number of hydrogen-bond acceptors (Lipinski definition) is 5. The van der Waals surface area contributed by atoms with Gasteiger partial charge in [0.05, 0.1) is 11.2 Å². The van der Waals surface area contributed by atoms with Crippen molar-refractivity contribution in [3.8, 4) is 11.5 Å². The summed E-state index contributed by atoms with van der Waals surface area (Å²) in [5.74, 6) is 0.371. The molecule has 2 heterocycles. The van der Waals surface area contributed by atoms with Crippen LogP contribution in [-0.2, 0) is 0 Å². The summed E-state index contributed by atoms with van der Waals surface area (Å²) < 4.78 is 1.25. The Morgan fingerprint density at radius 1 is 1.21 bits per heavy atom. The van der Waals surface area contributed by atoms with Gasteiger partial charge in [0.15, 0.2) is 5.69 Å². The van der Waals surface area contributed by atoms with Crippen molar-refractivity contribution in [3.05, 3.63) is 59.3 Å². The Hall–Kier alpha value is -3.03. The summed E-state index contributed by atoms with van der Waals surface area (Å²) in [7, 11) is 0. The second-order valence-electron chi connectivity index (χ2n) is 3.68. The van der Waals surface area contributed by atoms with Crippen molar-refractivity contribution in [2.75, 3.05) is 5.12 Å². The van der Waals surface area contributed by atoms with Gasteiger partial charge >= 0.3 is 0 Å². The number of anilines is 1. The topological polar surface area (TPSA) is 90.0 Å². The third-order valence-corrected chi connectivity index (χ3v) is 2.54. The Morgan fingerprint density at radius 2 is 2.00 bits per heavy atom. The molecule has 0 aromatic heterocycles. The van der Waals surface area contributed by atoms with Crippen molar-refractivity contribution in [3.63, 3.8) is 0 Å². The van der Waals surface area contributed by atoms with Crippen molar-refractivity contribution < 1.29 is 5.03 Å². The minimum atomic E-state index is -0.537. The predicted molar refractivity (Wildman–Crippen MR) is 65.8 cm³/mol. The maximum absolute atomic E-state index is 11.3. The number of benzene rings is 1. The van der Waals surface area contributed by atoms with Crippen LogP contribution in [0.2, 0.25) is 0 Å². The first kappa shape index (κ1) is 11.1. The van der Waals surface area contributed by atoms with E-state index in [1.807, 2.05) is 0 Å². The fourth-order valence-corrected chi connectivity index (χ4v) is 1.76. The van der Waals surface area contributed by atoms with Crippen LogP contribution < -0.4 is 5.12 Å². The summed E-state index contributed by atoms with van der Waals surface area (Å²) in [4.78, 5) is 23.2. The number of nitrogens with zero attached hydrogens (tertiary/aromatic N) is 6. The normalized spacial score (nSPS) is 10.5. The van der Waals surface area contributed by atoms with Crippen LogP contribution in [0.5, 0.6) is 0 Å². The molecule has 0 radical (unpaired) electrons. The van der Waals surface area contributed by atoms with E-state index in [9.17, 15) is 10.1 Å². The monoisotopic (exact) mass is 256 g/mol. The van der Waals surface area contributed by atoms with E-state index < -0.39 is 5.03 Å². The van der Waals surface area contributed by atoms with E-state index in [0.717, 1.165) is 5.12 Å². The van der Waals surface area contributed by atoms with Crippen LogP contribution >= 0.6 is 0 Å². The Bertz CT molecular complexity index is 683. The summed E-state index contributed by atoms with van der Waals surface area (Å²) in [5, 5.41) is 11.6. The smallest absolute Gasteiger partial charge is 0.276 e. The lowest BCUT2D eigenvalue weighted by atomic mass is 10.3. The van der Waals surface area contributed by atoms with Gasteiger partial charge in [-0.3, -0.25) is 0 Å². The van der Waals surface area contributed by atoms with Crippen LogP contribution in [0.4, 0.5) is 5.69 Å². The van der Waals surface area contributed by atoms with Gasteiger partial charge in [-0.1, -0.05) is 22.9 Å². The largest absolute Gasteiger partial charge is 0.339 e. The minimum absolute atomic E-state index is 0.371. The first-order chi connectivity index (χ1) is 9.27. The van der Waals surface area contributed by atoms with Gasteiger partial charge in [-0.2, -0.15) is 4.98 Å². The second kappa shape index (κ2) is 4.33. The molecule has 94 valence electrons. The van der Waals surface area contributed by atoms with E-state index in [1.165, 1.54) is 23.5 Å². The molecule has 0 aliphatic carbocycles. The number of rotatable bonds is 3. The third kappa shape index (κ3) is 1.84. The summed E-state index contributed by atoms with van der Waals surface area (Å²) in [6.45, 7) is 0. The van der Waals surface area contributed by atoms with Crippen LogP contribution in [0.15, 0.2) is 49.2 Å². The van der Waals surface area contributed by atoms with E-state index >= 15 is 0 Å². The predicted octanol–water partition coefficient (Wildman–Crippen LogP) is 1.24. The van der Waals surface area contributed by atoms with Crippen LogP contribution in [-0.4, -0.2) is 24.7 Å². The van der Waals surface area contributed by atoms with E-state index in [2.05, 4.69) is 15.0 Å². The second-order valence-corrected chi connectivity index (χ2v) is 3.68. The molecule has 2 aliphatic heterocycles. The number of para-hydroxylation sites is 1. The Morgan fingerprint density at radius 3 is 2.74 bits per heavy atom. The molecule has 19 heavy (non-hydrogen) atoms. The zero-order valence-corrected chi connectivity index (χ0v) is 9.62. The van der Waals surface area contributed by atoms with E-state index in [4.69, 9.17) is 0 Å².